The number of hydrogen-bond acceptors (Lipinski definition) is 1. The van der Waals surface area contributed by atoms with Gasteiger partial charge in [0.15, 0.2) is 0 Å². The minimum Gasteiger partial charge on any atom is -0.312 e. The third-order valence-electron chi connectivity index (χ3n) is 4.39. The van der Waals surface area contributed by atoms with Crippen LogP contribution in [0.15, 0.2) is 0 Å². The molecule has 1 N–H and O–H groups in total. The maximum absolute atomic E-state index is 3.66. The Hall–Kier alpha value is -0.0400. The van der Waals surface area contributed by atoms with Crippen LogP contribution in [0.4, 0.5) is 0 Å². The largest absolute Gasteiger partial charge is 0.312 e. The van der Waals surface area contributed by atoms with Gasteiger partial charge in [0.2, 0.25) is 0 Å². The van der Waals surface area contributed by atoms with Crippen LogP contribution in [0.2, 0.25) is 0 Å². The van der Waals surface area contributed by atoms with E-state index in [0.717, 1.165) is 11.8 Å². The highest BCUT2D eigenvalue weighted by Crippen LogP contribution is 2.59. The van der Waals surface area contributed by atoms with Gasteiger partial charge in [0.25, 0.3) is 0 Å². The van der Waals surface area contributed by atoms with Gasteiger partial charge in [0.05, 0.1) is 0 Å². The third-order valence-corrected chi connectivity index (χ3v) is 4.39. The average molecular weight is 225 g/mol. The fraction of sp³-hybridized carbons (Fsp3) is 1.00. The van der Waals surface area contributed by atoms with Gasteiger partial charge in [0, 0.05) is 5.54 Å². The molecule has 1 nitrogen and oxygen atoms in total. The number of hydrogen-bond donors (Lipinski definition) is 1. The molecule has 3 unspecified atom stereocenters. The molecular weight excluding hydrogens is 194 g/mol. The zero-order chi connectivity index (χ0) is 12.4. The molecule has 96 valence electrons. The van der Waals surface area contributed by atoms with Gasteiger partial charge in [-0.05, 0) is 57.4 Å². The van der Waals surface area contributed by atoms with E-state index in [1.165, 1.54) is 32.2 Å². The van der Waals surface area contributed by atoms with E-state index in [4.69, 9.17) is 0 Å². The molecule has 0 saturated heterocycles. The monoisotopic (exact) mass is 225 g/mol. The maximum Gasteiger partial charge on any atom is 0.00966 e. The van der Waals surface area contributed by atoms with E-state index < -0.39 is 0 Å². The van der Waals surface area contributed by atoms with E-state index in [9.17, 15) is 0 Å². The molecule has 3 atom stereocenters. The maximum atomic E-state index is 3.66. The van der Waals surface area contributed by atoms with Crippen LogP contribution < -0.4 is 5.32 Å². The van der Waals surface area contributed by atoms with Crippen LogP contribution in [0.3, 0.4) is 0 Å². The molecule has 1 rings (SSSR count). The van der Waals surface area contributed by atoms with Crippen molar-refractivity contribution in [2.24, 2.45) is 17.3 Å². The quantitative estimate of drug-likeness (QED) is 0.713. The summed E-state index contributed by atoms with van der Waals surface area (Å²) < 4.78 is 0. The summed E-state index contributed by atoms with van der Waals surface area (Å²) in [5.74, 6) is 1.84. The van der Waals surface area contributed by atoms with Crippen molar-refractivity contribution in [2.45, 2.75) is 72.8 Å². The first kappa shape index (κ1) is 14.0. The summed E-state index contributed by atoms with van der Waals surface area (Å²) >= 11 is 0. The topological polar surface area (TPSA) is 12.0 Å². The van der Waals surface area contributed by atoms with Crippen molar-refractivity contribution in [3.63, 3.8) is 0 Å². The van der Waals surface area contributed by atoms with Crippen LogP contribution in [0.1, 0.15) is 67.2 Å². The Bertz CT molecular complexity index is 216. The molecule has 0 amide bonds. The van der Waals surface area contributed by atoms with Crippen LogP contribution >= 0.6 is 0 Å². The summed E-state index contributed by atoms with van der Waals surface area (Å²) in [7, 11) is 0. The zero-order valence-electron chi connectivity index (χ0n) is 12.2. The van der Waals surface area contributed by atoms with Crippen molar-refractivity contribution < 1.29 is 0 Å². The van der Waals surface area contributed by atoms with Gasteiger partial charge in [-0.15, -0.1) is 0 Å². The second-order valence-electron chi connectivity index (χ2n) is 6.97. The standard InChI is InChI=1S/C15H31N/c1-7-12(3)9-15(8-2)10-13(15)11-16-14(4,5)6/h12-13,16H,7-11H2,1-6H3. The Kier molecular flexibility index (Phi) is 4.45. The van der Waals surface area contributed by atoms with Gasteiger partial charge in [-0.2, -0.15) is 0 Å². The third kappa shape index (κ3) is 3.76. The summed E-state index contributed by atoms with van der Waals surface area (Å²) in [4.78, 5) is 0. The van der Waals surface area contributed by atoms with E-state index in [1.54, 1.807) is 0 Å². The summed E-state index contributed by atoms with van der Waals surface area (Å²) in [5, 5.41) is 3.66. The Morgan fingerprint density at radius 3 is 2.38 bits per heavy atom. The summed E-state index contributed by atoms with van der Waals surface area (Å²) in [5.41, 5.74) is 0.964. The Morgan fingerprint density at radius 1 is 1.31 bits per heavy atom. The molecule has 1 heteroatoms. The number of nitrogens with one attached hydrogen (secondary N) is 1. The fourth-order valence-electron chi connectivity index (χ4n) is 2.82. The van der Waals surface area contributed by atoms with Crippen LogP contribution in [-0.4, -0.2) is 12.1 Å². The Morgan fingerprint density at radius 2 is 1.94 bits per heavy atom. The molecule has 1 aliphatic rings. The van der Waals surface area contributed by atoms with Gasteiger partial charge in [-0.25, -0.2) is 0 Å². The van der Waals surface area contributed by atoms with E-state index in [0.29, 0.717) is 5.41 Å². The molecule has 0 bridgehead atoms. The van der Waals surface area contributed by atoms with Crippen LogP contribution in [0, 0.1) is 17.3 Å². The molecule has 1 fully saturated rings. The molecule has 0 aromatic carbocycles. The highest BCUT2D eigenvalue weighted by molar-refractivity contribution is 5.03. The molecule has 0 radical (unpaired) electrons. The van der Waals surface area contributed by atoms with Crippen molar-refractivity contribution in [1.82, 2.24) is 5.32 Å². The van der Waals surface area contributed by atoms with E-state index in [1.807, 2.05) is 0 Å². The van der Waals surface area contributed by atoms with Gasteiger partial charge >= 0.3 is 0 Å². The van der Waals surface area contributed by atoms with Crippen LogP contribution in [-0.2, 0) is 0 Å². The molecule has 0 aromatic heterocycles. The first-order valence-electron chi connectivity index (χ1n) is 7.08. The summed E-state index contributed by atoms with van der Waals surface area (Å²) in [6.45, 7) is 15.1. The van der Waals surface area contributed by atoms with Crippen molar-refractivity contribution in [3.8, 4) is 0 Å². The predicted octanol–water partition coefficient (Wildman–Crippen LogP) is 4.23. The zero-order valence-corrected chi connectivity index (χ0v) is 12.2. The Balaban J connectivity index is 2.37. The lowest BCUT2D eigenvalue weighted by Crippen LogP contribution is -2.37. The van der Waals surface area contributed by atoms with Crippen LogP contribution in [0.25, 0.3) is 0 Å². The van der Waals surface area contributed by atoms with Gasteiger partial charge in [-0.1, -0.05) is 33.6 Å². The number of rotatable bonds is 6. The SMILES string of the molecule is CCC(C)CC1(CC)CC1CNC(C)(C)C. The molecule has 16 heavy (non-hydrogen) atoms. The lowest BCUT2D eigenvalue weighted by atomic mass is 9.87. The van der Waals surface area contributed by atoms with Gasteiger partial charge in [0.1, 0.15) is 0 Å². The fourth-order valence-corrected chi connectivity index (χ4v) is 2.82. The lowest BCUT2D eigenvalue weighted by molar-refractivity contribution is 0.308. The highest BCUT2D eigenvalue weighted by atomic mass is 15.0. The minimum atomic E-state index is 0.276. The molecule has 1 aliphatic carbocycles. The van der Waals surface area contributed by atoms with Crippen molar-refractivity contribution in [1.29, 1.82) is 0 Å². The van der Waals surface area contributed by atoms with E-state index >= 15 is 0 Å². The van der Waals surface area contributed by atoms with E-state index in [2.05, 4.69) is 46.9 Å². The lowest BCUT2D eigenvalue weighted by Gasteiger charge is -2.23. The Labute approximate surface area is 102 Å². The summed E-state index contributed by atoms with van der Waals surface area (Å²) in [6, 6.07) is 0. The smallest absolute Gasteiger partial charge is 0.00966 e. The van der Waals surface area contributed by atoms with Crippen molar-refractivity contribution >= 4 is 0 Å². The molecule has 0 heterocycles. The molecule has 0 spiro atoms. The molecular formula is C15H31N. The molecule has 0 aromatic rings. The second-order valence-corrected chi connectivity index (χ2v) is 6.97. The first-order valence-corrected chi connectivity index (χ1v) is 7.08. The molecule has 0 aliphatic heterocycles. The average Bonchev–Trinajstić information content (AvgIpc) is 2.88. The van der Waals surface area contributed by atoms with Crippen molar-refractivity contribution in [3.05, 3.63) is 0 Å². The normalized spacial score (nSPS) is 31.5. The molecule has 1 saturated carbocycles. The van der Waals surface area contributed by atoms with Gasteiger partial charge < -0.3 is 5.32 Å². The van der Waals surface area contributed by atoms with Crippen molar-refractivity contribution in [2.75, 3.05) is 6.54 Å². The van der Waals surface area contributed by atoms with Crippen LogP contribution in [0.5, 0.6) is 0 Å². The summed E-state index contributed by atoms with van der Waals surface area (Å²) in [6.07, 6.45) is 5.60. The minimum absolute atomic E-state index is 0.276. The highest BCUT2D eigenvalue weighted by Gasteiger charge is 2.52. The first-order chi connectivity index (χ1) is 7.33. The second kappa shape index (κ2) is 5.08. The van der Waals surface area contributed by atoms with E-state index in [-0.39, 0.29) is 5.54 Å². The predicted molar refractivity (Wildman–Crippen MR) is 72.7 cm³/mol. The van der Waals surface area contributed by atoms with Gasteiger partial charge in [-0.3, -0.25) is 0 Å².